The lowest BCUT2D eigenvalue weighted by Crippen LogP contribution is -2.45. The molecule has 0 aliphatic rings. The van der Waals surface area contributed by atoms with Gasteiger partial charge in [0.2, 0.25) is 0 Å². The van der Waals surface area contributed by atoms with E-state index in [2.05, 4.69) is 9.97 Å². The number of nitrogens with zero attached hydrogens (tertiary/aromatic N) is 3. The van der Waals surface area contributed by atoms with E-state index >= 15 is 0 Å². The molecule has 0 fully saturated rings. The van der Waals surface area contributed by atoms with Gasteiger partial charge in [0.25, 0.3) is 11.5 Å². The Bertz CT molecular complexity index is 1160. The maximum absolute atomic E-state index is 12.7. The van der Waals surface area contributed by atoms with Crippen LogP contribution in [0.3, 0.4) is 0 Å². The topological polar surface area (TPSA) is 171 Å². The van der Waals surface area contributed by atoms with Crippen LogP contribution in [0, 0.1) is 11.8 Å². The van der Waals surface area contributed by atoms with Crippen LogP contribution in [0.15, 0.2) is 9.59 Å². The first-order chi connectivity index (χ1) is 16.0. The van der Waals surface area contributed by atoms with Gasteiger partial charge in [-0.2, -0.15) is 0 Å². The molecule has 12 heteroatoms. The van der Waals surface area contributed by atoms with Crippen LogP contribution in [0.5, 0.6) is 0 Å². The first-order valence-electron chi connectivity index (χ1n) is 11.5. The second-order valence-corrected chi connectivity index (χ2v) is 8.98. The van der Waals surface area contributed by atoms with Crippen molar-refractivity contribution in [1.29, 1.82) is 0 Å². The van der Waals surface area contributed by atoms with Gasteiger partial charge in [-0.15, -0.1) is 0 Å². The van der Waals surface area contributed by atoms with Gasteiger partial charge in [0.15, 0.2) is 17.3 Å². The molecule has 0 aromatic carbocycles. The smallest absolute Gasteiger partial charge is 0.330 e. The Balaban J connectivity index is 2.35. The van der Waals surface area contributed by atoms with Gasteiger partial charge in [-0.1, -0.05) is 41.0 Å². The molecular weight excluding hydrogens is 444 g/mol. The van der Waals surface area contributed by atoms with Crippen LogP contribution in [-0.4, -0.2) is 43.1 Å². The Hall–Kier alpha value is -3.44. The van der Waals surface area contributed by atoms with Gasteiger partial charge < -0.3 is 15.0 Å². The van der Waals surface area contributed by atoms with E-state index in [0.717, 1.165) is 12.8 Å². The number of esters is 1. The number of amides is 3. The highest BCUT2D eigenvalue weighted by atomic mass is 16.5. The fraction of sp³-hybridized carbons (Fsp3) is 0.636. The van der Waals surface area contributed by atoms with E-state index in [1.807, 2.05) is 26.1 Å². The minimum Gasteiger partial charge on any atom is -0.452 e. The number of H-pyrrole nitrogens is 1. The minimum atomic E-state index is -1.18. The fourth-order valence-corrected chi connectivity index (χ4v) is 3.59. The number of nitrogens with one attached hydrogen (secondary N) is 2. The molecule has 0 saturated carbocycles. The van der Waals surface area contributed by atoms with Crippen LogP contribution in [0.25, 0.3) is 11.2 Å². The molecule has 2 aromatic heterocycles. The van der Waals surface area contributed by atoms with Crippen molar-refractivity contribution in [2.75, 3.05) is 0 Å². The second-order valence-electron chi connectivity index (χ2n) is 8.98. The lowest BCUT2D eigenvalue weighted by Gasteiger charge is -2.19. The summed E-state index contributed by atoms with van der Waals surface area (Å²) in [6.07, 6.45) is 0.425. The van der Waals surface area contributed by atoms with Gasteiger partial charge in [0, 0.05) is 19.5 Å². The van der Waals surface area contributed by atoms with Crippen LogP contribution in [0.1, 0.15) is 59.7 Å². The molecule has 2 aromatic rings. The van der Waals surface area contributed by atoms with Crippen molar-refractivity contribution in [2.45, 2.75) is 79.5 Å². The molecule has 188 valence electrons. The predicted octanol–water partition coefficient (Wildman–Crippen LogP) is 1.04. The quantitative estimate of drug-likeness (QED) is 0.405. The first kappa shape index (κ1) is 26.8. The van der Waals surface area contributed by atoms with Crippen LogP contribution in [0.4, 0.5) is 4.79 Å². The number of imide groups is 1. The van der Waals surface area contributed by atoms with Crippen molar-refractivity contribution in [1.82, 2.24) is 24.4 Å². The summed E-state index contributed by atoms with van der Waals surface area (Å²) in [6.45, 7) is 10.2. The Morgan fingerprint density at radius 1 is 1.15 bits per heavy atom. The maximum atomic E-state index is 12.7. The van der Waals surface area contributed by atoms with Crippen molar-refractivity contribution in [3.63, 3.8) is 0 Å². The van der Waals surface area contributed by atoms with Gasteiger partial charge in [0.1, 0.15) is 5.82 Å². The monoisotopic (exact) mass is 478 g/mol. The third-order valence-corrected chi connectivity index (χ3v) is 5.17. The number of rotatable bonds is 11. The Kier molecular flexibility index (Phi) is 9.16. The summed E-state index contributed by atoms with van der Waals surface area (Å²) in [5, 5.41) is 1.92. The summed E-state index contributed by atoms with van der Waals surface area (Å²) in [5.74, 6) is -1.22. The van der Waals surface area contributed by atoms with E-state index in [1.54, 1.807) is 18.4 Å². The normalized spacial score (nSPS) is 12.3. The highest BCUT2D eigenvalue weighted by Crippen LogP contribution is 2.17. The van der Waals surface area contributed by atoms with Crippen molar-refractivity contribution in [3.8, 4) is 0 Å². The van der Waals surface area contributed by atoms with E-state index in [9.17, 15) is 24.0 Å². The second kappa shape index (κ2) is 11.6. The Morgan fingerprint density at radius 2 is 1.82 bits per heavy atom. The highest BCUT2D eigenvalue weighted by molar-refractivity contribution is 5.96. The number of nitrogens with two attached hydrogens (primary N) is 1. The van der Waals surface area contributed by atoms with Crippen LogP contribution in [-0.2, 0) is 33.8 Å². The number of aromatic amines is 1. The molecule has 0 aliphatic heterocycles. The zero-order chi connectivity index (χ0) is 25.6. The zero-order valence-electron chi connectivity index (χ0n) is 20.3. The van der Waals surface area contributed by atoms with Gasteiger partial charge in [-0.3, -0.25) is 29.3 Å². The Labute approximate surface area is 196 Å². The van der Waals surface area contributed by atoms with Crippen molar-refractivity contribution in [3.05, 3.63) is 26.7 Å². The number of ether oxygens (including phenoxy) is 1. The molecule has 34 heavy (non-hydrogen) atoms. The number of carbonyl (C=O) groups is 3. The SMILES string of the molecule is CCCCn1c(=O)[nH]c(=O)c2c1nc(CCC(=O)OC(C(=O)NC(N)=O)C(C)C)n2CC(C)C. The Morgan fingerprint density at radius 3 is 2.38 bits per heavy atom. The number of primary amides is 1. The summed E-state index contributed by atoms with van der Waals surface area (Å²) in [5.41, 5.74) is 4.50. The van der Waals surface area contributed by atoms with Gasteiger partial charge >= 0.3 is 17.7 Å². The fourth-order valence-electron chi connectivity index (χ4n) is 3.59. The van der Waals surface area contributed by atoms with Crippen LogP contribution >= 0.6 is 0 Å². The number of fused-ring (bicyclic) bond motifs is 1. The number of aryl methyl sites for hydroxylation is 2. The largest absolute Gasteiger partial charge is 0.452 e. The van der Waals surface area contributed by atoms with Crippen molar-refractivity contribution < 1.29 is 19.1 Å². The summed E-state index contributed by atoms with van der Waals surface area (Å²) in [6, 6.07) is -1.03. The standard InChI is InChI=1S/C22H34N6O6/c1-6-7-10-27-18-16(19(30)26-22(27)33)28(11-12(2)3)14(24-18)8-9-15(29)34-17(13(4)5)20(31)25-21(23)32/h12-13,17H,6-11H2,1-5H3,(H,26,30,33)(H3,23,25,31,32). The van der Waals surface area contributed by atoms with E-state index in [-0.39, 0.29) is 35.8 Å². The molecule has 2 heterocycles. The summed E-state index contributed by atoms with van der Waals surface area (Å²) in [4.78, 5) is 67.6. The predicted molar refractivity (Wildman–Crippen MR) is 125 cm³/mol. The third-order valence-electron chi connectivity index (χ3n) is 5.17. The van der Waals surface area contributed by atoms with Crippen molar-refractivity contribution in [2.24, 2.45) is 17.6 Å². The molecule has 0 saturated heterocycles. The molecule has 0 spiro atoms. The number of imidazole rings is 1. The summed E-state index contributed by atoms with van der Waals surface area (Å²) >= 11 is 0. The molecule has 0 radical (unpaired) electrons. The number of hydrogen-bond donors (Lipinski definition) is 3. The van der Waals surface area contributed by atoms with Gasteiger partial charge in [0.05, 0.1) is 6.42 Å². The third kappa shape index (κ3) is 6.55. The molecule has 1 atom stereocenters. The minimum absolute atomic E-state index is 0.119. The average Bonchev–Trinajstić information content (AvgIpc) is 3.07. The summed E-state index contributed by atoms with van der Waals surface area (Å²) in [7, 11) is 0. The number of hydrogen-bond acceptors (Lipinski definition) is 7. The molecule has 12 nitrogen and oxygen atoms in total. The van der Waals surface area contributed by atoms with E-state index in [0.29, 0.717) is 18.9 Å². The number of aromatic nitrogens is 4. The summed E-state index contributed by atoms with van der Waals surface area (Å²) < 4.78 is 8.47. The average molecular weight is 479 g/mol. The van der Waals surface area contributed by atoms with E-state index < -0.39 is 35.3 Å². The molecule has 3 amide bonds. The van der Waals surface area contributed by atoms with Crippen LogP contribution < -0.4 is 22.3 Å². The first-order valence-corrected chi connectivity index (χ1v) is 11.5. The molecule has 0 aliphatic carbocycles. The van der Waals surface area contributed by atoms with Gasteiger partial charge in [-0.25, -0.2) is 14.6 Å². The molecule has 2 rings (SSSR count). The lowest BCUT2D eigenvalue weighted by molar-refractivity contribution is -0.158. The lowest BCUT2D eigenvalue weighted by atomic mass is 10.1. The molecule has 0 bridgehead atoms. The maximum Gasteiger partial charge on any atom is 0.330 e. The van der Waals surface area contributed by atoms with E-state index in [4.69, 9.17) is 10.5 Å². The molecule has 4 N–H and O–H groups in total. The highest BCUT2D eigenvalue weighted by Gasteiger charge is 2.28. The molecular formula is C22H34N6O6. The number of urea groups is 1. The van der Waals surface area contributed by atoms with Crippen LogP contribution in [0.2, 0.25) is 0 Å². The zero-order valence-corrected chi connectivity index (χ0v) is 20.3. The van der Waals surface area contributed by atoms with E-state index in [1.165, 1.54) is 4.57 Å². The molecule has 1 unspecified atom stereocenters. The number of unbranched alkanes of at least 4 members (excludes halogenated alkanes) is 1. The van der Waals surface area contributed by atoms with Gasteiger partial charge in [-0.05, 0) is 18.3 Å². The van der Waals surface area contributed by atoms with Crippen molar-refractivity contribution >= 4 is 29.1 Å². The number of carbonyl (C=O) groups excluding carboxylic acids is 3.